The minimum atomic E-state index is -0.255. The standard InChI is InChI=1S/C13H14ClN3OS2/c1-7-6-19-13(16-7)20-8(2)12(18)17-11-4-3-9(15)5-10(11)14/h3-6,8H,15H2,1-2H3,(H,17,18). The molecule has 0 saturated heterocycles. The molecular formula is C13H14ClN3OS2. The summed E-state index contributed by atoms with van der Waals surface area (Å²) in [5, 5.41) is 4.93. The number of carbonyl (C=O) groups is 1. The third kappa shape index (κ3) is 3.88. The molecule has 0 aliphatic carbocycles. The van der Waals surface area contributed by atoms with E-state index in [1.54, 1.807) is 18.2 Å². The summed E-state index contributed by atoms with van der Waals surface area (Å²) in [6, 6.07) is 5.00. The molecule has 0 saturated carbocycles. The molecule has 0 bridgehead atoms. The molecule has 1 aromatic carbocycles. The molecule has 1 heterocycles. The first-order chi connectivity index (χ1) is 9.45. The number of anilines is 2. The SMILES string of the molecule is Cc1csc(SC(C)C(=O)Nc2ccc(N)cc2Cl)n1. The number of aromatic nitrogens is 1. The maximum atomic E-state index is 12.1. The summed E-state index contributed by atoms with van der Waals surface area (Å²) >= 11 is 8.99. The van der Waals surface area contributed by atoms with Crippen molar-refractivity contribution in [2.75, 3.05) is 11.1 Å². The summed E-state index contributed by atoms with van der Waals surface area (Å²) in [4.78, 5) is 16.4. The fourth-order valence-electron chi connectivity index (χ4n) is 1.46. The Morgan fingerprint density at radius 2 is 2.30 bits per heavy atom. The van der Waals surface area contributed by atoms with Gasteiger partial charge < -0.3 is 11.1 Å². The van der Waals surface area contributed by atoms with Gasteiger partial charge in [-0.05, 0) is 32.0 Å². The molecule has 7 heteroatoms. The van der Waals surface area contributed by atoms with E-state index in [1.807, 2.05) is 19.2 Å². The van der Waals surface area contributed by atoms with Crippen LogP contribution < -0.4 is 11.1 Å². The van der Waals surface area contributed by atoms with Crippen LogP contribution >= 0.6 is 34.7 Å². The number of hydrogen-bond acceptors (Lipinski definition) is 5. The summed E-state index contributed by atoms with van der Waals surface area (Å²) in [7, 11) is 0. The molecule has 106 valence electrons. The highest BCUT2D eigenvalue weighted by Gasteiger charge is 2.17. The quantitative estimate of drug-likeness (QED) is 0.662. The van der Waals surface area contributed by atoms with Crippen molar-refractivity contribution in [2.24, 2.45) is 0 Å². The summed E-state index contributed by atoms with van der Waals surface area (Å²) < 4.78 is 0.883. The molecule has 2 rings (SSSR count). The lowest BCUT2D eigenvalue weighted by Gasteiger charge is -2.12. The van der Waals surface area contributed by atoms with Crippen LogP contribution in [0.5, 0.6) is 0 Å². The van der Waals surface area contributed by atoms with Crippen molar-refractivity contribution < 1.29 is 4.79 Å². The third-order valence-corrected chi connectivity index (χ3v) is 5.00. The molecule has 1 amide bonds. The zero-order chi connectivity index (χ0) is 14.7. The van der Waals surface area contributed by atoms with Gasteiger partial charge in [-0.3, -0.25) is 4.79 Å². The fraction of sp³-hybridized carbons (Fsp3) is 0.231. The molecule has 4 nitrogen and oxygen atoms in total. The second-order valence-electron chi connectivity index (χ2n) is 4.24. The van der Waals surface area contributed by atoms with E-state index in [9.17, 15) is 4.79 Å². The van der Waals surface area contributed by atoms with Crippen LogP contribution in [0.15, 0.2) is 27.9 Å². The lowest BCUT2D eigenvalue weighted by Crippen LogP contribution is -2.22. The van der Waals surface area contributed by atoms with Gasteiger partial charge in [-0.15, -0.1) is 11.3 Å². The van der Waals surface area contributed by atoms with Gasteiger partial charge in [0.1, 0.15) is 0 Å². The van der Waals surface area contributed by atoms with Gasteiger partial charge in [0, 0.05) is 16.8 Å². The zero-order valence-electron chi connectivity index (χ0n) is 11.0. The number of benzene rings is 1. The van der Waals surface area contributed by atoms with Crippen LogP contribution in [0.1, 0.15) is 12.6 Å². The molecule has 1 aromatic heterocycles. The lowest BCUT2D eigenvalue weighted by molar-refractivity contribution is -0.115. The number of hydrogen-bond donors (Lipinski definition) is 2. The average Bonchev–Trinajstić information content (AvgIpc) is 2.78. The van der Waals surface area contributed by atoms with Crippen LogP contribution in [-0.4, -0.2) is 16.1 Å². The molecule has 0 radical (unpaired) electrons. The second kappa shape index (κ2) is 6.47. The van der Waals surface area contributed by atoms with Crippen molar-refractivity contribution in [1.29, 1.82) is 0 Å². The number of amides is 1. The predicted octanol–water partition coefficient (Wildman–Crippen LogP) is 3.81. The first-order valence-electron chi connectivity index (χ1n) is 5.90. The molecular weight excluding hydrogens is 314 g/mol. The van der Waals surface area contributed by atoms with Crippen molar-refractivity contribution in [1.82, 2.24) is 4.98 Å². The Morgan fingerprint density at radius 3 is 2.90 bits per heavy atom. The zero-order valence-corrected chi connectivity index (χ0v) is 13.4. The highest BCUT2D eigenvalue weighted by atomic mass is 35.5. The number of nitrogen functional groups attached to an aromatic ring is 1. The number of thioether (sulfide) groups is 1. The maximum Gasteiger partial charge on any atom is 0.237 e. The van der Waals surface area contributed by atoms with E-state index in [2.05, 4.69) is 10.3 Å². The van der Waals surface area contributed by atoms with Crippen molar-refractivity contribution in [3.8, 4) is 0 Å². The summed E-state index contributed by atoms with van der Waals surface area (Å²) in [6.07, 6.45) is 0. The van der Waals surface area contributed by atoms with E-state index in [1.165, 1.54) is 23.1 Å². The Morgan fingerprint density at radius 1 is 1.55 bits per heavy atom. The van der Waals surface area contributed by atoms with Crippen LogP contribution in [0, 0.1) is 6.92 Å². The number of nitrogens with one attached hydrogen (secondary N) is 1. The summed E-state index contributed by atoms with van der Waals surface area (Å²) in [5.74, 6) is -0.116. The summed E-state index contributed by atoms with van der Waals surface area (Å²) in [5.41, 5.74) is 7.71. The number of nitrogens with two attached hydrogens (primary N) is 1. The first-order valence-corrected chi connectivity index (χ1v) is 8.04. The van der Waals surface area contributed by atoms with E-state index in [0.717, 1.165) is 10.0 Å². The van der Waals surface area contributed by atoms with Gasteiger partial charge in [-0.25, -0.2) is 4.98 Å². The molecule has 20 heavy (non-hydrogen) atoms. The molecule has 0 spiro atoms. The van der Waals surface area contributed by atoms with Gasteiger partial charge in [-0.1, -0.05) is 23.4 Å². The van der Waals surface area contributed by atoms with Gasteiger partial charge in [-0.2, -0.15) is 0 Å². The van der Waals surface area contributed by atoms with Gasteiger partial charge in [0.15, 0.2) is 4.34 Å². The van der Waals surface area contributed by atoms with Crippen molar-refractivity contribution in [2.45, 2.75) is 23.4 Å². The molecule has 2 aromatic rings. The Kier molecular flexibility index (Phi) is 4.91. The number of nitrogens with zero attached hydrogens (tertiary/aromatic N) is 1. The van der Waals surface area contributed by atoms with Crippen molar-refractivity contribution >= 4 is 52.0 Å². The van der Waals surface area contributed by atoms with E-state index in [4.69, 9.17) is 17.3 Å². The Hall–Kier alpha value is -1.24. The molecule has 0 aliphatic heterocycles. The fourth-order valence-corrected chi connectivity index (χ4v) is 3.68. The lowest BCUT2D eigenvalue weighted by atomic mass is 10.2. The van der Waals surface area contributed by atoms with Crippen LogP contribution in [-0.2, 0) is 4.79 Å². The Labute approximate surface area is 130 Å². The van der Waals surface area contributed by atoms with E-state index in [-0.39, 0.29) is 11.2 Å². The highest BCUT2D eigenvalue weighted by molar-refractivity contribution is 8.02. The van der Waals surface area contributed by atoms with E-state index >= 15 is 0 Å². The average molecular weight is 328 g/mol. The Bertz CT molecular complexity index is 630. The molecule has 3 N–H and O–H groups in total. The number of rotatable bonds is 4. The molecule has 1 atom stereocenters. The number of halogens is 1. The van der Waals surface area contributed by atoms with Crippen LogP contribution in [0.3, 0.4) is 0 Å². The monoisotopic (exact) mass is 327 g/mol. The largest absolute Gasteiger partial charge is 0.399 e. The van der Waals surface area contributed by atoms with Gasteiger partial charge in [0.25, 0.3) is 0 Å². The van der Waals surface area contributed by atoms with Crippen molar-refractivity contribution in [3.63, 3.8) is 0 Å². The van der Waals surface area contributed by atoms with Crippen LogP contribution in [0.25, 0.3) is 0 Å². The number of carbonyl (C=O) groups excluding carboxylic acids is 1. The first kappa shape index (κ1) is 15.2. The molecule has 0 aliphatic rings. The number of aryl methyl sites for hydroxylation is 1. The van der Waals surface area contributed by atoms with Gasteiger partial charge in [0.2, 0.25) is 5.91 Å². The maximum absolute atomic E-state index is 12.1. The van der Waals surface area contributed by atoms with Gasteiger partial charge in [0.05, 0.1) is 16.0 Å². The van der Waals surface area contributed by atoms with E-state index < -0.39 is 0 Å². The molecule has 1 unspecified atom stereocenters. The normalized spacial score (nSPS) is 12.2. The molecule has 0 fully saturated rings. The van der Waals surface area contributed by atoms with Gasteiger partial charge >= 0.3 is 0 Å². The van der Waals surface area contributed by atoms with Crippen LogP contribution in [0.2, 0.25) is 5.02 Å². The van der Waals surface area contributed by atoms with Crippen LogP contribution in [0.4, 0.5) is 11.4 Å². The predicted molar refractivity (Wildman–Crippen MR) is 86.7 cm³/mol. The highest BCUT2D eigenvalue weighted by Crippen LogP contribution is 2.29. The number of thiazole rings is 1. The minimum Gasteiger partial charge on any atom is -0.399 e. The topological polar surface area (TPSA) is 68.0 Å². The second-order valence-corrected chi connectivity index (χ2v) is 7.10. The van der Waals surface area contributed by atoms with E-state index in [0.29, 0.717) is 16.4 Å². The minimum absolute atomic E-state index is 0.116. The third-order valence-electron chi connectivity index (χ3n) is 2.50. The Balaban J connectivity index is 2.00. The van der Waals surface area contributed by atoms with Crippen molar-refractivity contribution in [3.05, 3.63) is 34.3 Å². The smallest absolute Gasteiger partial charge is 0.237 e. The summed E-state index contributed by atoms with van der Waals surface area (Å²) in [6.45, 7) is 3.77.